The summed E-state index contributed by atoms with van der Waals surface area (Å²) in [5.41, 5.74) is 2.10. The number of anilines is 1. The number of hydrogen-bond donors (Lipinski definition) is 0. The molecule has 3 aromatic rings. The van der Waals surface area contributed by atoms with Crippen molar-refractivity contribution in [3.05, 3.63) is 71.1 Å². The van der Waals surface area contributed by atoms with E-state index in [2.05, 4.69) is 27.4 Å². The Morgan fingerprint density at radius 3 is 2.91 bits per heavy atom. The summed E-state index contributed by atoms with van der Waals surface area (Å²) in [5, 5.41) is 0.192. The number of rotatable bonds is 7. The lowest BCUT2D eigenvalue weighted by molar-refractivity contribution is -0.128. The Hall–Kier alpha value is -4.17. The second-order valence-electron chi connectivity index (χ2n) is 13.5. The Balaban J connectivity index is 1.22. The molecule has 5 atom stereocenters. The fourth-order valence-corrected chi connectivity index (χ4v) is 8.61. The van der Waals surface area contributed by atoms with Crippen molar-refractivity contribution in [1.82, 2.24) is 19.8 Å². The summed E-state index contributed by atoms with van der Waals surface area (Å²) in [6.45, 7) is 13.3. The minimum atomic E-state index is -0.937. The van der Waals surface area contributed by atoms with Gasteiger partial charge in [0.1, 0.15) is 36.0 Å². The van der Waals surface area contributed by atoms with Gasteiger partial charge in [0.25, 0.3) is 0 Å². The number of hydrogen-bond acceptors (Lipinski definition) is 6. The Morgan fingerprint density at radius 2 is 2.09 bits per heavy atom. The third kappa shape index (κ3) is 4.63. The van der Waals surface area contributed by atoms with E-state index in [1.165, 1.54) is 17.7 Å². The Labute approximate surface area is 265 Å². The highest BCUT2D eigenvalue weighted by Gasteiger charge is 2.50. The first kappa shape index (κ1) is 29.2. The first-order valence-corrected chi connectivity index (χ1v) is 16.1. The van der Waals surface area contributed by atoms with Gasteiger partial charge in [-0.1, -0.05) is 24.8 Å². The van der Waals surface area contributed by atoms with E-state index in [4.69, 9.17) is 16.3 Å². The van der Waals surface area contributed by atoms with Crippen molar-refractivity contribution >= 4 is 22.6 Å². The number of carbonyl (C=O) groups is 1. The number of ether oxygens (including phenoxy) is 1. The van der Waals surface area contributed by atoms with E-state index in [1.807, 2.05) is 11.0 Å². The number of carbonyl (C=O) groups excluding carboxylic acids is 1. The molecule has 4 heterocycles. The van der Waals surface area contributed by atoms with Crippen molar-refractivity contribution in [2.75, 3.05) is 50.8 Å². The van der Waals surface area contributed by atoms with Crippen LogP contribution in [-0.4, -0.2) is 89.3 Å². The van der Waals surface area contributed by atoms with Crippen LogP contribution in [0.4, 0.5) is 19.0 Å². The highest BCUT2D eigenvalue weighted by molar-refractivity contribution is 5.94. The predicted molar refractivity (Wildman–Crippen MR) is 167 cm³/mol. The van der Waals surface area contributed by atoms with Crippen molar-refractivity contribution in [3.63, 3.8) is 0 Å². The van der Waals surface area contributed by atoms with Crippen LogP contribution in [0.1, 0.15) is 42.7 Å². The molecule has 0 N–H and O–H groups in total. The molecule has 2 aromatic carbocycles. The number of nitrogens with zero attached hydrogens (tertiary/aromatic N) is 6. The fraction of sp³-hybridized carbons (Fsp3) is 0.486. The molecule has 0 unspecified atom stereocenters. The van der Waals surface area contributed by atoms with Crippen LogP contribution in [0.25, 0.3) is 26.9 Å². The number of fused-ring (bicyclic) bond motifs is 5. The van der Waals surface area contributed by atoms with E-state index in [0.717, 1.165) is 37.8 Å². The number of aromatic nitrogens is 2. The minimum Gasteiger partial charge on any atom is -0.461 e. The topological polar surface area (TPSA) is 66.2 Å². The summed E-state index contributed by atoms with van der Waals surface area (Å²) in [6.07, 6.45) is 4.31. The normalized spacial score (nSPS) is 28.1. The van der Waals surface area contributed by atoms with Gasteiger partial charge in [-0.3, -0.25) is 9.69 Å². The summed E-state index contributed by atoms with van der Waals surface area (Å²) in [4.78, 5) is 30.9. The first-order valence-electron chi connectivity index (χ1n) is 16.1. The summed E-state index contributed by atoms with van der Waals surface area (Å²) in [6, 6.07) is 6.48. The molecule has 238 valence electrons. The van der Waals surface area contributed by atoms with Gasteiger partial charge in [-0.25, -0.2) is 19.7 Å². The van der Waals surface area contributed by atoms with Crippen molar-refractivity contribution in [2.24, 2.45) is 5.92 Å². The van der Waals surface area contributed by atoms with Crippen LogP contribution in [0.15, 0.2) is 36.9 Å². The smallest absolute Gasteiger partial charge is 0.319 e. The lowest BCUT2D eigenvalue weighted by Crippen LogP contribution is -2.56. The van der Waals surface area contributed by atoms with Gasteiger partial charge in [-0.05, 0) is 72.9 Å². The zero-order valence-corrected chi connectivity index (χ0v) is 25.5. The molecule has 1 amide bonds. The molecule has 3 aliphatic heterocycles. The van der Waals surface area contributed by atoms with E-state index < -0.39 is 29.4 Å². The summed E-state index contributed by atoms with van der Waals surface area (Å²) < 4.78 is 53.6. The zero-order valence-electron chi connectivity index (χ0n) is 25.5. The molecule has 0 radical (unpaired) electrons. The Bertz CT molecular complexity index is 1810. The van der Waals surface area contributed by atoms with Crippen LogP contribution in [0.5, 0.6) is 6.01 Å². The van der Waals surface area contributed by atoms with Gasteiger partial charge in [-0.2, -0.15) is 9.97 Å². The molecule has 11 heteroatoms. The monoisotopic (exact) mass is 628 g/mol. The van der Waals surface area contributed by atoms with E-state index >= 15 is 8.78 Å². The molecule has 1 saturated carbocycles. The maximum absolute atomic E-state index is 16.8. The van der Waals surface area contributed by atoms with Crippen LogP contribution in [0, 0.1) is 24.1 Å². The van der Waals surface area contributed by atoms with Gasteiger partial charge in [-0.15, -0.1) is 0 Å². The third-order valence-electron chi connectivity index (χ3n) is 10.9. The lowest BCUT2D eigenvalue weighted by Gasteiger charge is -2.39. The van der Waals surface area contributed by atoms with Crippen LogP contribution in [0.2, 0.25) is 0 Å². The average molecular weight is 629 g/mol. The highest BCUT2D eigenvalue weighted by Crippen LogP contribution is 2.58. The number of benzene rings is 2. The molecule has 8 rings (SSSR count). The maximum atomic E-state index is 16.8. The maximum Gasteiger partial charge on any atom is 0.319 e. The van der Waals surface area contributed by atoms with Crippen molar-refractivity contribution in [1.29, 1.82) is 0 Å². The SMILES string of the molecule is [C-]#[N+]C[C@H]1CN(c2nc(OC[C@@]34CCCN3C[C@H](F)C4)nc3c(F)c(-c4cccc5c4C[C@H]4C[C@@H]54)c(F)cc23)CCN1C(=O)C=C. The molecular formula is C35H35F3N6O2. The Kier molecular flexibility index (Phi) is 6.98. The molecular weight excluding hydrogens is 593 g/mol. The molecule has 5 aliphatic rings. The quantitative estimate of drug-likeness (QED) is 0.261. The molecule has 46 heavy (non-hydrogen) atoms. The summed E-state index contributed by atoms with van der Waals surface area (Å²) in [5.74, 6) is -0.458. The van der Waals surface area contributed by atoms with E-state index in [1.54, 1.807) is 11.0 Å². The third-order valence-corrected chi connectivity index (χ3v) is 10.9. The van der Waals surface area contributed by atoms with Crippen LogP contribution in [0.3, 0.4) is 0 Å². The minimum absolute atomic E-state index is 0.0547. The largest absolute Gasteiger partial charge is 0.461 e. The average Bonchev–Trinajstić information content (AvgIpc) is 3.39. The van der Waals surface area contributed by atoms with Gasteiger partial charge in [0.15, 0.2) is 5.82 Å². The number of amides is 1. The predicted octanol–water partition coefficient (Wildman–Crippen LogP) is 5.31. The lowest BCUT2D eigenvalue weighted by atomic mass is 9.93. The number of piperazine rings is 1. The molecule has 3 saturated heterocycles. The van der Waals surface area contributed by atoms with Gasteiger partial charge in [0, 0.05) is 38.0 Å². The molecule has 0 bridgehead atoms. The molecule has 8 nitrogen and oxygen atoms in total. The molecule has 4 fully saturated rings. The van der Waals surface area contributed by atoms with Crippen LogP contribution in [-0.2, 0) is 11.2 Å². The van der Waals surface area contributed by atoms with E-state index in [9.17, 15) is 9.18 Å². The van der Waals surface area contributed by atoms with Gasteiger partial charge >= 0.3 is 6.01 Å². The van der Waals surface area contributed by atoms with Gasteiger partial charge < -0.3 is 19.4 Å². The van der Waals surface area contributed by atoms with Crippen molar-refractivity contribution < 1.29 is 22.7 Å². The van der Waals surface area contributed by atoms with Gasteiger partial charge in [0.2, 0.25) is 12.5 Å². The van der Waals surface area contributed by atoms with E-state index in [0.29, 0.717) is 36.9 Å². The summed E-state index contributed by atoms with van der Waals surface area (Å²) in [7, 11) is 0. The van der Waals surface area contributed by atoms with Crippen LogP contribution < -0.4 is 9.64 Å². The Morgan fingerprint density at radius 1 is 1.22 bits per heavy atom. The van der Waals surface area contributed by atoms with Crippen molar-refractivity contribution in [3.8, 4) is 17.1 Å². The fourth-order valence-electron chi connectivity index (χ4n) is 8.61. The first-order chi connectivity index (χ1) is 22.3. The zero-order chi connectivity index (χ0) is 31.7. The highest BCUT2D eigenvalue weighted by atomic mass is 19.1. The number of alkyl halides is 1. The van der Waals surface area contributed by atoms with Gasteiger partial charge in [0.05, 0.1) is 11.1 Å². The molecule has 2 aliphatic carbocycles. The van der Waals surface area contributed by atoms with E-state index in [-0.39, 0.29) is 60.4 Å². The second-order valence-corrected chi connectivity index (χ2v) is 13.5. The number of halogens is 3. The second kappa shape index (κ2) is 11.0. The standard InChI is InChI=1S/C35H35F3N6O2/c1-3-29(45)44-11-10-42(18-22(44)16-39-2)33-27-14-28(37)30(24-7-4-6-23-25-12-20(25)13-26(23)24)31(38)32(27)40-34(41-33)46-19-35-8-5-9-43(35)17-21(36)15-35/h3-4,6-7,14,20-22,25H,1,5,8-13,15-19H2/t20-,21-,22+,25-,35+/m1/s1. The molecule has 0 spiro atoms. The van der Waals surface area contributed by atoms with Crippen LogP contribution >= 0.6 is 0 Å². The molecule has 1 aromatic heterocycles. The van der Waals surface area contributed by atoms with Crippen molar-refractivity contribution in [2.45, 2.75) is 55.8 Å². The summed E-state index contributed by atoms with van der Waals surface area (Å²) >= 11 is 0.